The first-order valence-corrected chi connectivity index (χ1v) is 9.68. The van der Waals surface area contributed by atoms with E-state index in [0.717, 1.165) is 37.5 Å². The van der Waals surface area contributed by atoms with E-state index in [-0.39, 0.29) is 5.12 Å². The summed E-state index contributed by atoms with van der Waals surface area (Å²) in [5.74, 6) is 1.50. The molecule has 0 bridgehead atoms. The van der Waals surface area contributed by atoms with Gasteiger partial charge in [0.05, 0.1) is 0 Å². The van der Waals surface area contributed by atoms with Crippen molar-refractivity contribution in [2.45, 2.75) is 104 Å². The van der Waals surface area contributed by atoms with Gasteiger partial charge < -0.3 is 5.11 Å². The first-order valence-electron chi connectivity index (χ1n) is 9.23. The second kappa shape index (κ2) is 12.4. The van der Waals surface area contributed by atoms with E-state index >= 15 is 0 Å². The summed E-state index contributed by atoms with van der Waals surface area (Å²) in [5.41, 5.74) is -1.20. The fourth-order valence-electron chi connectivity index (χ4n) is 2.81. The quantitative estimate of drug-likeness (QED) is 0.313. The van der Waals surface area contributed by atoms with Crippen molar-refractivity contribution in [2.24, 2.45) is 11.8 Å². The molecular formula is C19H38O2S. The molecule has 0 aliphatic rings. The van der Waals surface area contributed by atoms with Crippen LogP contribution in [0.5, 0.6) is 0 Å². The zero-order chi connectivity index (χ0) is 17.0. The molecule has 0 saturated carbocycles. The predicted molar refractivity (Wildman–Crippen MR) is 99.4 cm³/mol. The van der Waals surface area contributed by atoms with Gasteiger partial charge in [-0.2, -0.15) is 0 Å². The summed E-state index contributed by atoms with van der Waals surface area (Å²) in [6.45, 7) is 8.95. The number of thiol groups is 1. The molecule has 132 valence electrons. The van der Waals surface area contributed by atoms with Crippen LogP contribution in [-0.4, -0.2) is 15.8 Å². The van der Waals surface area contributed by atoms with E-state index in [1.54, 1.807) is 0 Å². The number of hydrogen-bond acceptors (Lipinski definition) is 2. The summed E-state index contributed by atoms with van der Waals surface area (Å²) in [4.78, 5) is 11.7. The highest BCUT2D eigenvalue weighted by molar-refractivity contribution is 7.96. The standard InChI is InChI=1S/C19H38O2S/c1-16(2)12-8-5-6-10-14-19(21,18(20)22)15-11-7-9-13-17(3)4/h16-17,21H,5-15H2,1-4H3,(H,20,22). The monoisotopic (exact) mass is 330 g/mol. The normalized spacial score (nSPS) is 14.5. The Labute approximate surface area is 143 Å². The van der Waals surface area contributed by atoms with Gasteiger partial charge in [-0.3, -0.25) is 4.79 Å². The molecule has 0 aliphatic carbocycles. The summed E-state index contributed by atoms with van der Waals surface area (Å²) < 4.78 is 0. The topological polar surface area (TPSA) is 37.3 Å². The lowest BCUT2D eigenvalue weighted by atomic mass is 9.90. The van der Waals surface area contributed by atoms with Crippen LogP contribution in [0.4, 0.5) is 0 Å². The lowest BCUT2D eigenvalue weighted by Gasteiger charge is -2.24. The van der Waals surface area contributed by atoms with Gasteiger partial charge >= 0.3 is 0 Å². The second-order valence-electron chi connectivity index (χ2n) is 7.68. The maximum atomic E-state index is 11.7. The molecule has 0 aromatic heterocycles. The molecule has 0 heterocycles. The summed E-state index contributed by atoms with van der Waals surface area (Å²) in [5, 5.41) is 10.2. The third kappa shape index (κ3) is 11.5. The van der Waals surface area contributed by atoms with E-state index in [1.165, 1.54) is 32.1 Å². The molecule has 0 spiro atoms. The highest BCUT2D eigenvalue weighted by atomic mass is 32.1. The van der Waals surface area contributed by atoms with Crippen molar-refractivity contribution in [3.8, 4) is 0 Å². The average molecular weight is 331 g/mol. The maximum absolute atomic E-state index is 11.7. The van der Waals surface area contributed by atoms with Gasteiger partial charge in [-0.1, -0.05) is 85.5 Å². The van der Waals surface area contributed by atoms with Crippen LogP contribution in [0.1, 0.15) is 98.3 Å². The van der Waals surface area contributed by atoms with Gasteiger partial charge in [0.25, 0.3) is 0 Å². The molecule has 3 heteroatoms. The highest BCUT2D eigenvalue weighted by Gasteiger charge is 2.32. The molecule has 0 fully saturated rings. The van der Waals surface area contributed by atoms with E-state index in [4.69, 9.17) is 0 Å². The zero-order valence-electron chi connectivity index (χ0n) is 15.2. The van der Waals surface area contributed by atoms with Crippen molar-refractivity contribution in [1.29, 1.82) is 0 Å². The zero-order valence-corrected chi connectivity index (χ0v) is 16.1. The van der Waals surface area contributed by atoms with Crippen LogP contribution in [0.15, 0.2) is 0 Å². The molecule has 1 atom stereocenters. The largest absolute Gasteiger partial charge is 0.381 e. The molecule has 0 aliphatic heterocycles. The minimum absolute atomic E-state index is 0.349. The molecule has 0 saturated heterocycles. The molecule has 2 nitrogen and oxygen atoms in total. The van der Waals surface area contributed by atoms with Gasteiger partial charge in [0, 0.05) is 0 Å². The van der Waals surface area contributed by atoms with Gasteiger partial charge in [-0.15, -0.1) is 12.6 Å². The smallest absolute Gasteiger partial charge is 0.217 e. The second-order valence-corrected chi connectivity index (χ2v) is 8.08. The lowest BCUT2D eigenvalue weighted by molar-refractivity contribution is -0.129. The van der Waals surface area contributed by atoms with E-state index in [2.05, 4.69) is 40.3 Å². The highest BCUT2D eigenvalue weighted by Crippen LogP contribution is 2.26. The Morgan fingerprint density at radius 1 is 0.818 bits per heavy atom. The Kier molecular flexibility index (Phi) is 12.4. The van der Waals surface area contributed by atoms with Crippen molar-refractivity contribution in [1.82, 2.24) is 0 Å². The van der Waals surface area contributed by atoms with Gasteiger partial charge in [-0.25, -0.2) is 0 Å². The number of hydrogen-bond donors (Lipinski definition) is 2. The number of carbonyl (C=O) groups excluding carboxylic acids is 1. The fourth-order valence-corrected chi connectivity index (χ4v) is 3.03. The molecule has 1 unspecified atom stereocenters. The summed E-state index contributed by atoms with van der Waals surface area (Å²) >= 11 is 3.92. The van der Waals surface area contributed by atoms with Crippen LogP contribution in [0.2, 0.25) is 0 Å². The third-order valence-electron chi connectivity index (χ3n) is 4.39. The van der Waals surface area contributed by atoms with Gasteiger partial charge in [-0.05, 0) is 24.7 Å². The van der Waals surface area contributed by atoms with Crippen molar-refractivity contribution in [2.75, 3.05) is 0 Å². The van der Waals surface area contributed by atoms with Crippen molar-refractivity contribution in [3.05, 3.63) is 0 Å². The maximum Gasteiger partial charge on any atom is 0.217 e. The molecule has 1 N–H and O–H groups in total. The van der Waals surface area contributed by atoms with Crippen LogP contribution in [0.3, 0.4) is 0 Å². The first-order chi connectivity index (χ1) is 10.3. The number of unbranched alkanes of at least 4 members (excludes halogenated alkanes) is 5. The number of carbonyl (C=O) groups is 1. The van der Waals surface area contributed by atoms with E-state index < -0.39 is 5.60 Å². The summed E-state index contributed by atoms with van der Waals surface area (Å²) in [6, 6.07) is 0. The molecule has 0 amide bonds. The van der Waals surface area contributed by atoms with Crippen molar-refractivity contribution in [3.63, 3.8) is 0 Å². The molecule has 22 heavy (non-hydrogen) atoms. The average Bonchev–Trinajstić information content (AvgIpc) is 2.41. The van der Waals surface area contributed by atoms with E-state index in [1.807, 2.05) is 0 Å². The van der Waals surface area contributed by atoms with Crippen LogP contribution >= 0.6 is 12.6 Å². The van der Waals surface area contributed by atoms with E-state index in [9.17, 15) is 9.90 Å². The SMILES string of the molecule is CC(C)CCCCCCC(O)(CCCCCC(C)C)C(=O)S. The molecule has 0 aromatic rings. The lowest BCUT2D eigenvalue weighted by Crippen LogP contribution is -2.35. The Balaban J connectivity index is 3.88. The Morgan fingerprint density at radius 2 is 1.18 bits per heavy atom. The van der Waals surface area contributed by atoms with E-state index in [0.29, 0.717) is 12.8 Å². The first kappa shape index (κ1) is 22.0. The third-order valence-corrected chi connectivity index (χ3v) is 4.81. The van der Waals surface area contributed by atoms with Crippen LogP contribution in [0.25, 0.3) is 0 Å². The number of rotatable bonds is 14. The Hall–Kier alpha value is -0.0200. The molecule has 0 radical (unpaired) electrons. The minimum atomic E-state index is -1.20. The summed E-state index contributed by atoms with van der Waals surface area (Å²) in [6.07, 6.45) is 11.3. The Morgan fingerprint density at radius 3 is 1.55 bits per heavy atom. The van der Waals surface area contributed by atoms with Crippen LogP contribution in [0, 0.1) is 11.8 Å². The van der Waals surface area contributed by atoms with Crippen LogP contribution < -0.4 is 0 Å². The molecular weight excluding hydrogens is 292 g/mol. The van der Waals surface area contributed by atoms with Gasteiger partial charge in [0.2, 0.25) is 5.12 Å². The summed E-state index contributed by atoms with van der Waals surface area (Å²) in [7, 11) is 0. The molecule has 0 aromatic carbocycles. The fraction of sp³-hybridized carbons (Fsp3) is 0.947. The minimum Gasteiger partial charge on any atom is -0.381 e. The van der Waals surface area contributed by atoms with Crippen LogP contribution in [-0.2, 0) is 4.79 Å². The van der Waals surface area contributed by atoms with Gasteiger partial charge in [0.15, 0.2) is 0 Å². The molecule has 0 rings (SSSR count). The van der Waals surface area contributed by atoms with Crippen molar-refractivity contribution < 1.29 is 9.90 Å². The van der Waals surface area contributed by atoms with Gasteiger partial charge in [0.1, 0.15) is 5.60 Å². The predicted octanol–water partition coefficient (Wildman–Crippen LogP) is 5.78. The Bertz CT molecular complexity index is 289. The number of aliphatic hydroxyl groups is 1. The van der Waals surface area contributed by atoms with Crippen molar-refractivity contribution >= 4 is 17.7 Å².